The van der Waals surface area contributed by atoms with E-state index in [0.717, 1.165) is 15.6 Å². The minimum Gasteiger partial charge on any atom is -0.398 e. The van der Waals surface area contributed by atoms with Crippen molar-refractivity contribution < 1.29 is 0 Å². The van der Waals surface area contributed by atoms with Crippen molar-refractivity contribution in [1.29, 1.82) is 0 Å². The molecule has 2 nitrogen and oxygen atoms in total. The smallest absolute Gasteiger partial charge is 0.101 e. The minimum atomic E-state index is 0.811. The third-order valence-electron chi connectivity index (χ3n) is 2.09. The predicted molar refractivity (Wildman–Crippen MR) is 64.0 cm³/mol. The summed E-state index contributed by atoms with van der Waals surface area (Å²) in [6, 6.07) is 11.8. The average molecular weight is 216 g/mol. The Balaban J connectivity index is 2.32. The molecule has 0 bridgehead atoms. The number of nitrogen functional groups attached to an aromatic ring is 1. The van der Waals surface area contributed by atoms with Gasteiger partial charge in [0.1, 0.15) is 5.03 Å². The predicted octanol–water partition coefficient (Wildman–Crippen LogP) is 3.12. The number of benzene rings is 1. The Morgan fingerprint density at radius 1 is 1.13 bits per heavy atom. The summed E-state index contributed by atoms with van der Waals surface area (Å²) in [5, 5.41) is 0.971. The van der Waals surface area contributed by atoms with E-state index in [1.165, 1.54) is 5.56 Å². The second-order valence-corrected chi connectivity index (χ2v) is 4.29. The number of pyridine rings is 1. The van der Waals surface area contributed by atoms with Crippen LogP contribution in [0.1, 0.15) is 5.56 Å². The Labute approximate surface area is 93.5 Å². The Morgan fingerprint density at radius 3 is 2.67 bits per heavy atom. The highest BCUT2D eigenvalue weighted by atomic mass is 32.2. The van der Waals surface area contributed by atoms with Crippen molar-refractivity contribution in [3.8, 4) is 0 Å². The van der Waals surface area contributed by atoms with Crippen molar-refractivity contribution in [3.63, 3.8) is 0 Å². The molecule has 0 aliphatic rings. The van der Waals surface area contributed by atoms with E-state index in [1.807, 2.05) is 30.3 Å². The molecule has 0 unspecified atom stereocenters. The fraction of sp³-hybridized carbons (Fsp3) is 0.0833. The van der Waals surface area contributed by atoms with Gasteiger partial charge >= 0.3 is 0 Å². The number of hydrogen-bond donors (Lipinski definition) is 1. The van der Waals surface area contributed by atoms with Gasteiger partial charge in [0, 0.05) is 16.8 Å². The maximum Gasteiger partial charge on any atom is 0.101 e. The van der Waals surface area contributed by atoms with Crippen LogP contribution in [0, 0.1) is 6.92 Å². The first-order valence-electron chi connectivity index (χ1n) is 4.71. The minimum absolute atomic E-state index is 0.811. The van der Waals surface area contributed by atoms with Crippen molar-refractivity contribution in [2.75, 3.05) is 5.73 Å². The molecule has 1 aromatic carbocycles. The molecule has 1 aromatic heterocycles. The Kier molecular flexibility index (Phi) is 2.92. The zero-order valence-corrected chi connectivity index (χ0v) is 9.29. The van der Waals surface area contributed by atoms with Gasteiger partial charge in [-0.15, -0.1) is 0 Å². The summed E-state index contributed by atoms with van der Waals surface area (Å²) in [4.78, 5) is 5.36. The van der Waals surface area contributed by atoms with Gasteiger partial charge in [-0.05, 0) is 30.7 Å². The summed E-state index contributed by atoms with van der Waals surface area (Å²) in [5.74, 6) is 0. The molecular formula is C12H12N2S. The molecule has 0 spiro atoms. The Hall–Kier alpha value is -1.48. The van der Waals surface area contributed by atoms with E-state index in [4.69, 9.17) is 5.73 Å². The van der Waals surface area contributed by atoms with Crippen molar-refractivity contribution in [1.82, 2.24) is 4.98 Å². The van der Waals surface area contributed by atoms with Crippen LogP contribution in [0.25, 0.3) is 0 Å². The van der Waals surface area contributed by atoms with Crippen LogP contribution >= 0.6 is 11.8 Å². The van der Waals surface area contributed by atoms with Gasteiger partial charge in [0.25, 0.3) is 0 Å². The molecule has 0 aliphatic carbocycles. The van der Waals surface area contributed by atoms with Gasteiger partial charge in [0.15, 0.2) is 0 Å². The van der Waals surface area contributed by atoms with E-state index >= 15 is 0 Å². The molecule has 15 heavy (non-hydrogen) atoms. The third-order valence-corrected chi connectivity index (χ3v) is 3.30. The third kappa shape index (κ3) is 2.30. The maximum atomic E-state index is 5.92. The van der Waals surface area contributed by atoms with E-state index in [2.05, 4.69) is 18.0 Å². The highest BCUT2D eigenvalue weighted by molar-refractivity contribution is 7.99. The molecule has 0 radical (unpaired) electrons. The average Bonchev–Trinajstić information content (AvgIpc) is 2.25. The van der Waals surface area contributed by atoms with Crippen molar-refractivity contribution in [3.05, 3.63) is 48.2 Å². The zero-order valence-electron chi connectivity index (χ0n) is 8.47. The van der Waals surface area contributed by atoms with Gasteiger partial charge in [0.05, 0.1) is 0 Å². The van der Waals surface area contributed by atoms with Gasteiger partial charge in [-0.1, -0.05) is 30.0 Å². The number of hydrogen-bond acceptors (Lipinski definition) is 3. The largest absolute Gasteiger partial charge is 0.398 e. The van der Waals surface area contributed by atoms with E-state index in [0.29, 0.717) is 0 Å². The number of rotatable bonds is 2. The molecular weight excluding hydrogens is 204 g/mol. The summed E-state index contributed by atoms with van der Waals surface area (Å²) in [6.07, 6.45) is 1.79. The topological polar surface area (TPSA) is 38.9 Å². The number of anilines is 1. The van der Waals surface area contributed by atoms with E-state index in [-0.39, 0.29) is 0 Å². The molecule has 0 amide bonds. The highest BCUT2D eigenvalue weighted by Gasteiger charge is 2.04. The SMILES string of the molecule is Cc1cccc(N)c1Sc1ccccn1. The van der Waals surface area contributed by atoms with Crippen LogP contribution in [-0.2, 0) is 0 Å². The molecule has 76 valence electrons. The second-order valence-electron chi connectivity index (χ2n) is 3.26. The molecule has 0 atom stereocenters. The van der Waals surface area contributed by atoms with Gasteiger partial charge < -0.3 is 5.73 Å². The Bertz CT molecular complexity index is 434. The molecule has 0 fully saturated rings. The summed E-state index contributed by atoms with van der Waals surface area (Å²) in [6.45, 7) is 2.06. The van der Waals surface area contributed by atoms with Crippen LogP contribution in [0.4, 0.5) is 5.69 Å². The molecule has 0 saturated carbocycles. The summed E-state index contributed by atoms with van der Waals surface area (Å²) < 4.78 is 0. The van der Waals surface area contributed by atoms with Crippen molar-refractivity contribution in [2.45, 2.75) is 16.8 Å². The van der Waals surface area contributed by atoms with Gasteiger partial charge in [-0.25, -0.2) is 4.98 Å². The van der Waals surface area contributed by atoms with E-state index in [1.54, 1.807) is 18.0 Å². The lowest BCUT2D eigenvalue weighted by Crippen LogP contribution is -1.91. The van der Waals surface area contributed by atoms with E-state index in [9.17, 15) is 0 Å². The molecule has 2 N–H and O–H groups in total. The van der Waals surface area contributed by atoms with Crippen LogP contribution in [0.5, 0.6) is 0 Å². The molecule has 0 saturated heterocycles. The van der Waals surface area contributed by atoms with Gasteiger partial charge in [0.2, 0.25) is 0 Å². The Morgan fingerprint density at radius 2 is 2.00 bits per heavy atom. The van der Waals surface area contributed by atoms with Crippen LogP contribution < -0.4 is 5.73 Å². The van der Waals surface area contributed by atoms with Crippen LogP contribution in [0.2, 0.25) is 0 Å². The first kappa shape index (κ1) is 10.1. The first-order valence-corrected chi connectivity index (χ1v) is 5.53. The first-order chi connectivity index (χ1) is 7.27. The standard InChI is InChI=1S/C12H12N2S/c1-9-5-4-6-10(13)12(9)15-11-7-2-3-8-14-11/h2-8H,13H2,1H3. The second kappa shape index (κ2) is 4.36. The number of nitrogens with zero attached hydrogens (tertiary/aromatic N) is 1. The maximum absolute atomic E-state index is 5.92. The fourth-order valence-corrected chi connectivity index (χ4v) is 2.21. The lowest BCUT2D eigenvalue weighted by Gasteiger charge is -2.07. The lowest BCUT2D eigenvalue weighted by atomic mass is 10.2. The number of aromatic nitrogens is 1. The molecule has 2 aromatic rings. The molecule has 3 heteroatoms. The van der Waals surface area contributed by atoms with E-state index < -0.39 is 0 Å². The summed E-state index contributed by atoms with van der Waals surface area (Å²) >= 11 is 1.60. The summed E-state index contributed by atoms with van der Waals surface area (Å²) in [7, 11) is 0. The number of aryl methyl sites for hydroxylation is 1. The number of nitrogens with two attached hydrogens (primary N) is 1. The zero-order chi connectivity index (χ0) is 10.7. The lowest BCUT2D eigenvalue weighted by molar-refractivity contribution is 1.13. The normalized spacial score (nSPS) is 10.2. The van der Waals surface area contributed by atoms with Crippen LogP contribution in [0.3, 0.4) is 0 Å². The fourth-order valence-electron chi connectivity index (χ4n) is 1.33. The van der Waals surface area contributed by atoms with Crippen LogP contribution in [0.15, 0.2) is 52.5 Å². The van der Waals surface area contributed by atoms with Crippen molar-refractivity contribution >= 4 is 17.4 Å². The van der Waals surface area contributed by atoms with Gasteiger partial charge in [-0.2, -0.15) is 0 Å². The monoisotopic (exact) mass is 216 g/mol. The van der Waals surface area contributed by atoms with Crippen molar-refractivity contribution in [2.24, 2.45) is 0 Å². The van der Waals surface area contributed by atoms with Crippen LogP contribution in [-0.4, -0.2) is 4.98 Å². The highest BCUT2D eigenvalue weighted by Crippen LogP contribution is 2.33. The van der Waals surface area contributed by atoms with Gasteiger partial charge in [-0.3, -0.25) is 0 Å². The molecule has 1 heterocycles. The summed E-state index contributed by atoms with van der Waals surface area (Å²) in [5.41, 5.74) is 7.92. The quantitative estimate of drug-likeness (QED) is 0.784. The molecule has 2 rings (SSSR count). The molecule has 0 aliphatic heterocycles.